The van der Waals surface area contributed by atoms with E-state index in [9.17, 15) is 13.2 Å². The number of carbonyl (C=O) groups excluding carboxylic acids is 1. The van der Waals surface area contributed by atoms with Gasteiger partial charge in [0.15, 0.2) is 17.2 Å². The van der Waals surface area contributed by atoms with Crippen molar-refractivity contribution in [1.29, 1.82) is 10.5 Å². The van der Waals surface area contributed by atoms with Crippen LogP contribution in [0.1, 0.15) is 11.4 Å². The summed E-state index contributed by atoms with van der Waals surface area (Å²) in [6.45, 7) is 0. The normalized spacial score (nSPS) is 10.2. The van der Waals surface area contributed by atoms with Crippen LogP contribution in [-0.4, -0.2) is 23.5 Å². The molecule has 0 N–H and O–H groups in total. The van der Waals surface area contributed by atoms with Crippen molar-refractivity contribution >= 4 is 16.3 Å². The van der Waals surface area contributed by atoms with E-state index in [1.54, 1.807) is 42.5 Å². The highest BCUT2D eigenvalue weighted by molar-refractivity contribution is 7.88. The van der Waals surface area contributed by atoms with Crippen LogP contribution in [0.3, 0.4) is 0 Å². The number of nitrogens with zero attached hydrogens (tertiary/aromatic N) is 5. The lowest BCUT2D eigenvalue weighted by atomic mass is 10.2. The van der Waals surface area contributed by atoms with Crippen LogP contribution >= 0.6 is 0 Å². The number of rotatable bonds is 3. The van der Waals surface area contributed by atoms with E-state index in [-0.39, 0.29) is 11.5 Å². The van der Waals surface area contributed by atoms with Crippen LogP contribution in [-0.2, 0) is 15.0 Å². The molecule has 0 saturated heterocycles. The summed E-state index contributed by atoms with van der Waals surface area (Å²) >= 11 is 0. The highest BCUT2D eigenvalue weighted by Crippen LogP contribution is 2.24. The highest BCUT2D eigenvalue weighted by Gasteiger charge is 2.27. The molecule has 1 aromatic heterocycles. The minimum absolute atomic E-state index is 0.178. The third-order valence-electron chi connectivity index (χ3n) is 2.46. The summed E-state index contributed by atoms with van der Waals surface area (Å²) in [6, 6.07) is 11.3. The van der Waals surface area contributed by atoms with E-state index in [4.69, 9.17) is 10.5 Å². The predicted molar refractivity (Wildman–Crippen MR) is 69.5 cm³/mol. The lowest BCUT2D eigenvalue weighted by molar-refractivity contribution is 0.562. The molecule has 102 valence electrons. The molecule has 0 unspecified atom stereocenters. The van der Waals surface area contributed by atoms with Crippen LogP contribution in [0.15, 0.2) is 34.7 Å². The largest absolute Gasteiger partial charge is 0.361 e. The molecule has 8 nitrogen and oxygen atoms in total. The van der Waals surface area contributed by atoms with Gasteiger partial charge < -0.3 is 0 Å². The van der Waals surface area contributed by atoms with Gasteiger partial charge in [-0.05, 0) is 0 Å². The summed E-state index contributed by atoms with van der Waals surface area (Å²) < 4.78 is 27.1. The van der Waals surface area contributed by atoms with E-state index in [1.807, 2.05) is 0 Å². The monoisotopic (exact) mass is 299 g/mol. The molecule has 0 saturated carbocycles. The summed E-state index contributed by atoms with van der Waals surface area (Å²) in [4.78, 5) is 14.1. The molecular weight excluding hydrogens is 294 g/mol. The first-order valence-electron chi connectivity index (χ1n) is 5.38. The van der Waals surface area contributed by atoms with Crippen molar-refractivity contribution in [3.8, 4) is 23.5 Å². The maximum atomic E-state index is 12.0. The Balaban J connectivity index is 2.92. The minimum atomic E-state index is -4.54. The number of aromatic nitrogens is 2. The molecule has 0 aliphatic rings. The second-order valence-corrected chi connectivity index (χ2v) is 5.09. The molecule has 0 fully saturated rings. The van der Waals surface area contributed by atoms with Gasteiger partial charge in [0, 0.05) is 5.56 Å². The lowest BCUT2D eigenvalue weighted by Crippen LogP contribution is -2.13. The molecule has 0 amide bonds. The molecule has 0 bridgehead atoms. The molecule has 0 aliphatic carbocycles. The van der Waals surface area contributed by atoms with E-state index >= 15 is 0 Å². The Morgan fingerprint density at radius 2 is 1.81 bits per heavy atom. The topological polar surface area (TPSA) is 129 Å². The van der Waals surface area contributed by atoms with Crippen LogP contribution in [0.25, 0.3) is 11.4 Å². The molecule has 1 aromatic carbocycles. The average molecular weight is 299 g/mol. The van der Waals surface area contributed by atoms with Crippen LogP contribution in [0.5, 0.6) is 0 Å². The number of hydrogen-bond donors (Lipinski definition) is 0. The first-order valence-corrected chi connectivity index (χ1v) is 6.78. The first kappa shape index (κ1) is 14.2. The van der Waals surface area contributed by atoms with Crippen LogP contribution in [0.2, 0.25) is 0 Å². The van der Waals surface area contributed by atoms with E-state index in [0.29, 0.717) is 9.54 Å². The number of hydrogen-bond acceptors (Lipinski definition) is 6. The van der Waals surface area contributed by atoms with Crippen LogP contribution in [0.4, 0.5) is 0 Å². The van der Waals surface area contributed by atoms with Crippen molar-refractivity contribution in [3.63, 3.8) is 0 Å². The maximum Gasteiger partial charge on any atom is 0.361 e. The Kier molecular flexibility index (Phi) is 3.63. The van der Waals surface area contributed by atoms with Crippen LogP contribution < -0.4 is 0 Å². The Bertz CT molecular complexity index is 926. The zero-order chi connectivity index (χ0) is 15.5. The summed E-state index contributed by atoms with van der Waals surface area (Å²) in [7, 11) is -4.54. The molecule has 2 aromatic rings. The quantitative estimate of drug-likeness (QED) is 0.606. The van der Waals surface area contributed by atoms with Crippen molar-refractivity contribution in [1.82, 2.24) is 8.96 Å². The van der Waals surface area contributed by atoms with E-state index < -0.39 is 15.9 Å². The van der Waals surface area contributed by atoms with E-state index in [2.05, 4.69) is 9.38 Å². The van der Waals surface area contributed by atoms with Crippen LogP contribution in [0, 0.1) is 22.7 Å². The number of isocyanates is 1. The fourth-order valence-corrected chi connectivity index (χ4v) is 2.56. The standard InChI is InChI=1S/C12H5N5O3S/c13-6-10-11(7-14)17(21(19,20)15-8-18)12(16-10)9-4-2-1-3-5-9/h1-5H. The van der Waals surface area contributed by atoms with Gasteiger partial charge in [0.25, 0.3) is 6.08 Å². The minimum Gasteiger partial charge on any atom is -0.215 e. The molecule has 0 aliphatic heterocycles. The van der Waals surface area contributed by atoms with Gasteiger partial charge >= 0.3 is 10.2 Å². The number of nitriles is 2. The van der Waals surface area contributed by atoms with Gasteiger partial charge in [-0.3, -0.25) is 0 Å². The molecule has 0 atom stereocenters. The van der Waals surface area contributed by atoms with Crippen molar-refractivity contribution in [2.24, 2.45) is 4.40 Å². The van der Waals surface area contributed by atoms with Gasteiger partial charge in [-0.15, -0.1) is 0 Å². The molecular formula is C12H5N5O3S. The second-order valence-electron chi connectivity index (χ2n) is 3.65. The van der Waals surface area contributed by atoms with Crippen molar-refractivity contribution in [3.05, 3.63) is 41.7 Å². The number of benzene rings is 1. The maximum absolute atomic E-state index is 12.0. The summed E-state index contributed by atoms with van der Waals surface area (Å²) in [5.74, 6) is -0.178. The van der Waals surface area contributed by atoms with Gasteiger partial charge in [0.2, 0.25) is 0 Å². The van der Waals surface area contributed by atoms with Gasteiger partial charge in [-0.2, -0.15) is 22.9 Å². The van der Waals surface area contributed by atoms with E-state index in [1.165, 1.54) is 0 Å². The van der Waals surface area contributed by atoms with E-state index in [0.717, 1.165) is 6.08 Å². The van der Waals surface area contributed by atoms with Crippen molar-refractivity contribution in [2.45, 2.75) is 0 Å². The SMILES string of the molecule is N#Cc1nc(-c2ccccc2)n(S(=O)(=O)N=C=O)c1C#N. The summed E-state index contributed by atoms with van der Waals surface area (Å²) in [5, 5.41) is 18.0. The Morgan fingerprint density at radius 3 is 2.33 bits per heavy atom. The average Bonchev–Trinajstić information content (AvgIpc) is 2.87. The third-order valence-corrected chi connectivity index (χ3v) is 3.59. The zero-order valence-corrected chi connectivity index (χ0v) is 11.1. The first-order chi connectivity index (χ1) is 10.0. The van der Waals surface area contributed by atoms with Gasteiger partial charge in [0.05, 0.1) is 0 Å². The predicted octanol–water partition coefficient (Wildman–Crippen LogP) is 0.722. The fourth-order valence-electron chi connectivity index (χ4n) is 1.66. The Hall–Kier alpha value is -3.26. The molecule has 1 heterocycles. The fraction of sp³-hybridized carbons (Fsp3) is 0. The van der Waals surface area contributed by atoms with Gasteiger partial charge in [-0.25, -0.2) is 9.78 Å². The molecule has 2 rings (SSSR count). The highest BCUT2D eigenvalue weighted by atomic mass is 32.2. The Labute approximate surface area is 119 Å². The second kappa shape index (κ2) is 5.39. The summed E-state index contributed by atoms with van der Waals surface area (Å²) in [6.07, 6.45) is 0.910. The van der Waals surface area contributed by atoms with Crippen molar-refractivity contribution in [2.75, 3.05) is 0 Å². The summed E-state index contributed by atoms with van der Waals surface area (Å²) in [5.41, 5.74) is -0.545. The molecule has 0 spiro atoms. The zero-order valence-electron chi connectivity index (χ0n) is 10.3. The lowest BCUT2D eigenvalue weighted by Gasteiger charge is -2.04. The molecule has 9 heteroatoms. The smallest absolute Gasteiger partial charge is 0.215 e. The van der Waals surface area contributed by atoms with Gasteiger partial charge in [0.1, 0.15) is 12.1 Å². The third kappa shape index (κ3) is 2.42. The van der Waals surface area contributed by atoms with Gasteiger partial charge in [-0.1, -0.05) is 34.7 Å². The molecule has 0 radical (unpaired) electrons. The number of imidazole rings is 1. The van der Waals surface area contributed by atoms with Crippen molar-refractivity contribution < 1.29 is 13.2 Å². The Morgan fingerprint density at radius 1 is 1.14 bits per heavy atom. The molecule has 21 heavy (non-hydrogen) atoms.